The van der Waals surface area contributed by atoms with Gasteiger partial charge in [0.05, 0.1) is 13.4 Å². The molecule has 0 radical (unpaired) electrons. The molecule has 0 aliphatic carbocycles. The number of nitrogens with zero attached hydrogens (tertiary/aromatic N) is 1. The standard InChI is InChI=1S/C15H26N2O3/c1-5-7-17(11-15(2,3)10-16)9-12-6-8-20-13(12)14(18)19-4/h6,8H,5,7,9-11,16H2,1-4H3. The third-order valence-corrected chi connectivity index (χ3v) is 3.26. The molecule has 5 heteroatoms. The van der Waals surface area contributed by atoms with Gasteiger partial charge in [0.1, 0.15) is 0 Å². The number of rotatable bonds is 8. The van der Waals surface area contributed by atoms with E-state index in [0.717, 1.165) is 25.1 Å². The highest BCUT2D eigenvalue weighted by molar-refractivity contribution is 5.87. The number of hydrogen-bond donors (Lipinski definition) is 1. The van der Waals surface area contributed by atoms with E-state index in [1.165, 1.54) is 13.4 Å². The Morgan fingerprint density at radius 3 is 2.75 bits per heavy atom. The normalized spacial score (nSPS) is 11.9. The number of ether oxygens (including phenoxy) is 1. The van der Waals surface area contributed by atoms with Crippen LogP contribution in [0.1, 0.15) is 43.3 Å². The van der Waals surface area contributed by atoms with Crippen molar-refractivity contribution in [2.24, 2.45) is 11.1 Å². The average Bonchev–Trinajstić information content (AvgIpc) is 2.86. The van der Waals surface area contributed by atoms with E-state index in [1.807, 2.05) is 6.07 Å². The lowest BCUT2D eigenvalue weighted by atomic mass is 9.93. The van der Waals surface area contributed by atoms with Crippen molar-refractivity contribution in [1.82, 2.24) is 4.90 Å². The topological polar surface area (TPSA) is 68.7 Å². The van der Waals surface area contributed by atoms with Crippen molar-refractivity contribution in [1.29, 1.82) is 0 Å². The van der Waals surface area contributed by atoms with Gasteiger partial charge in [0.2, 0.25) is 5.76 Å². The van der Waals surface area contributed by atoms with Crippen LogP contribution in [0.3, 0.4) is 0 Å². The van der Waals surface area contributed by atoms with Crippen LogP contribution in [-0.2, 0) is 11.3 Å². The number of esters is 1. The Kier molecular flexibility index (Phi) is 6.23. The largest absolute Gasteiger partial charge is 0.463 e. The highest BCUT2D eigenvalue weighted by Gasteiger charge is 2.23. The van der Waals surface area contributed by atoms with Crippen molar-refractivity contribution in [2.75, 3.05) is 26.7 Å². The highest BCUT2D eigenvalue weighted by atomic mass is 16.5. The second-order valence-corrected chi connectivity index (χ2v) is 5.85. The van der Waals surface area contributed by atoms with Crippen molar-refractivity contribution >= 4 is 5.97 Å². The van der Waals surface area contributed by atoms with Crippen molar-refractivity contribution < 1.29 is 13.9 Å². The van der Waals surface area contributed by atoms with Gasteiger partial charge in [-0.1, -0.05) is 20.8 Å². The zero-order valence-electron chi connectivity index (χ0n) is 12.9. The predicted octanol–water partition coefficient (Wildman–Crippen LogP) is 2.26. The third kappa shape index (κ3) is 4.65. The van der Waals surface area contributed by atoms with Crippen LogP contribution in [-0.4, -0.2) is 37.6 Å². The molecule has 0 atom stereocenters. The number of methoxy groups -OCH3 is 1. The van der Waals surface area contributed by atoms with Gasteiger partial charge in [-0.3, -0.25) is 4.90 Å². The molecule has 5 nitrogen and oxygen atoms in total. The number of hydrogen-bond acceptors (Lipinski definition) is 5. The fraction of sp³-hybridized carbons (Fsp3) is 0.667. The number of carbonyl (C=O) groups excluding carboxylic acids is 1. The van der Waals surface area contributed by atoms with Crippen molar-refractivity contribution in [3.05, 3.63) is 23.7 Å². The molecular weight excluding hydrogens is 256 g/mol. The summed E-state index contributed by atoms with van der Waals surface area (Å²) in [6.07, 6.45) is 2.58. The second kappa shape index (κ2) is 7.45. The number of carbonyl (C=O) groups is 1. The van der Waals surface area contributed by atoms with Crippen molar-refractivity contribution in [2.45, 2.75) is 33.7 Å². The van der Waals surface area contributed by atoms with Gasteiger partial charge in [0.15, 0.2) is 0 Å². The lowest BCUT2D eigenvalue weighted by molar-refractivity contribution is 0.0561. The molecule has 1 aromatic heterocycles. The first-order valence-electron chi connectivity index (χ1n) is 7.00. The summed E-state index contributed by atoms with van der Waals surface area (Å²) in [5, 5.41) is 0. The monoisotopic (exact) mass is 282 g/mol. The average molecular weight is 282 g/mol. The summed E-state index contributed by atoms with van der Waals surface area (Å²) in [6.45, 7) is 9.55. The molecule has 0 saturated heterocycles. The first-order chi connectivity index (χ1) is 9.43. The molecule has 0 aliphatic rings. The summed E-state index contributed by atoms with van der Waals surface area (Å²) in [5.41, 5.74) is 6.71. The highest BCUT2D eigenvalue weighted by Crippen LogP contribution is 2.20. The van der Waals surface area contributed by atoms with Gasteiger partial charge in [0, 0.05) is 18.7 Å². The summed E-state index contributed by atoms with van der Waals surface area (Å²) in [5.74, 6) is -0.140. The van der Waals surface area contributed by atoms with Gasteiger partial charge in [-0.15, -0.1) is 0 Å². The molecule has 0 aromatic carbocycles. The van der Waals surface area contributed by atoms with E-state index in [1.54, 1.807) is 0 Å². The van der Waals surface area contributed by atoms with E-state index in [2.05, 4.69) is 25.7 Å². The molecule has 0 saturated carbocycles. The molecule has 2 N–H and O–H groups in total. The minimum absolute atomic E-state index is 0.0460. The second-order valence-electron chi connectivity index (χ2n) is 5.85. The third-order valence-electron chi connectivity index (χ3n) is 3.26. The fourth-order valence-electron chi connectivity index (χ4n) is 2.17. The van der Waals surface area contributed by atoms with E-state index in [4.69, 9.17) is 14.9 Å². The lowest BCUT2D eigenvalue weighted by Crippen LogP contribution is -2.39. The Morgan fingerprint density at radius 1 is 1.50 bits per heavy atom. The number of nitrogens with two attached hydrogens (primary N) is 1. The summed E-state index contributed by atoms with van der Waals surface area (Å²) in [6, 6.07) is 1.82. The van der Waals surface area contributed by atoms with E-state index >= 15 is 0 Å². The first-order valence-corrected chi connectivity index (χ1v) is 7.00. The lowest BCUT2D eigenvalue weighted by Gasteiger charge is -2.31. The Bertz CT molecular complexity index is 427. The Balaban J connectivity index is 2.80. The number of furan rings is 1. The van der Waals surface area contributed by atoms with E-state index in [0.29, 0.717) is 18.8 Å². The van der Waals surface area contributed by atoms with Crippen LogP contribution in [0.4, 0.5) is 0 Å². The minimum Gasteiger partial charge on any atom is -0.463 e. The predicted molar refractivity (Wildman–Crippen MR) is 78.5 cm³/mol. The van der Waals surface area contributed by atoms with Crippen LogP contribution in [0.2, 0.25) is 0 Å². The van der Waals surface area contributed by atoms with Crippen LogP contribution >= 0.6 is 0 Å². The molecule has 0 spiro atoms. The molecule has 0 bridgehead atoms. The molecular formula is C15H26N2O3. The van der Waals surface area contributed by atoms with Gasteiger partial charge in [0.25, 0.3) is 0 Å². The first kappa shape index (κ1) is 16.7. The van der Waals surface area contributed by atoms with Gasteiger partial charge in [-0.05, 0) is 31.0 Å². The Hall–Kier alpha value is -1.33. The van der Waals surface area contributed by atoms with Crippen LogP contribution < -0.4 is 5.73 Å². The van der Waals surface area contributed by atoms with Gasteiger partial charge < -0.3 is 14.9 Å². The van der Waals surface area contributed by atoms with Crippen LogP contribution in [0.25, 0.3) is 0 Å². The smallest absolute Gasteiger partial charge is 0.374 e. The molecule has 0 aliphatic heterocycles. The molecule has 1 aromatic rings. The molecule has 20 heavy (non-hydrogen) atoms. The van der Waals surface area contributed by atoms with E-state index in [9.17, 15) is 4.79 Å². The maximum atomic E-state index is 11.6. The molecule has 1 rings (SSSR count). The molecule has 114 valence electrons. The maximum Gasteiger partial charge on any atom is 0.374 e. The molecule has 0 fully saturated rings. The Labute approximate surface area is 121 Å². The van der Waals surface area contributed by atoms with Crippen molar-refractivity contribution in [3.63, 3.8) is 0 Å². The fourth-order valence-corrected chi connectivity index (χ4v) is 2.17. The summed E-state index contributed by atoms with van der Waals surface area (Å²) in [4.78, 5) is 13.9. The van der Waals surface area contributed by atoms with Crippen LogP contribution in [0.15, 0.2) is 16.7 Å². The molecule has 0 amide bonds. The Morgan fingerprint density at radius 2 is 2.20 bits per heavy atom. The van der Waals surface area contributed by atoms with Gasteiger partial charge in [-0.2, -0.15) is 0 Å². The van der Waals surface area contributed by atoms with Gasteiger partial charge >= 0.3 is 5.97 Å². The van der Waals surface area contributed by atoms with E-state index in [-0.39, 0.29) is 5.41 Å². The van der Waals surface area contributed by atoms with Crippen LogP contribution in [0.5, 0.6) is 0 Å². The summed E-state index contributed by atoms with van der Waals surface area (Å²) in [7, 11) is 1.36. The summed E-state index contributed by atoms with van der Waals surface area (Å²) < 4.78 is 9.95. The minimum atomic E-state index is -0.431. The van der Waals surface area contributed by atoms with Gasteiger partial charge in [-0.25, -0.2) is 4.79 Å². The molecule has 0 unspecified atom stereocenters. The molecule has 1 heterocycles. The van der Waals surface area contributed by atoms with E-state index < -0.39 is 5.97 Å². The van der Waals surface area contributed by atoms with Crippen molar-refractivity contribution in [3.8, 4) is 0 Å². The summed E-state index contributed by atoms with van der Waals surface area (Å²) >= 11 is 0. The zero-order valence-corrected chi connectivity index (χ0v) is 12.9. The van der Waals surface area contributed by atoms with Crippen LogP contribution in [0, 0.1) is 5.41 Å². The maximum absolute atomic E-state index is 11.6. The SMILES string of the molecule is CCCN(Cc1ccoc1C(=O)OC)CC(C)(C)CN. The zero-order chi connectivity index (χ0) is 15.2. The quantitative estimate of drug-likeness (QED) is 0.741.